The van der Waals surface area contributed by atoms with Gasteiger partial charge in [-0.2, -0.15) is 5.26 Å². The van der Waals surface area contributed by atoms with Crippen molar-refractivity contribution in [3.8, 4) is 6.07 Å². The first-order chi connectivity index (χ1) is 8.61. The van der Waals surface area contributed by atoms with Gasteiger partial charge in [-0.3, -0.25) is 0 Å². The molecule has 18 heavy (non-hydrogen) atoms. The van der Waals surface area contributed by atoms with Gasteiger partial charge in [-0.1, -0.05) is 6.07 Å². The molecule has 0 aliphatic heterocycles. The van der Waals surface area contributed by atoms with E-state index in [1.54, 1.807) is 18.3 Å². The van der Waals surface area contributed by atoms with Crippen molar-refractivity contribution in [2.45, 2.75) is 6.92 Å². The van der Waals surface area contributed by atoms with Crippen LogP contribution in [0.5, 0.6) is 0 Å². The number of hydrogen-bond acceptors (Lipinski definition) is 3. The van der Waals surface area contributed by atoms with E-state index in [1.807, 2.05) is 19.1 Å². The SMILES string of the molecule is Cc1cc(Br)cnc1Nc1cccc(F)c1C#N. The van der Waals surface area contributed by atoms with Crippen molar-refractivity contribution in [3.63, 3.8) is 0 Å². The summed E-state index contributed by atoms with van der Waals surface area (Å²) >= 11 is 3.32. The summed E-state index contributed by atoms with van der Waals surface area (Å²) in [6.45, 7) is 1.88. The van der Waals surface area contributed by atoms with E-state index in [1.165, 1.54) is 6.07 Å². The first-order valence-electron chi connectivity index (χ1n) is 5.19. The van der Waals surface area contributed by atoms with E-state index in [-0.39, 0.29) is 5.56 Å². The van der Waals surface area contributed by atoms with Crippen LogP contribution in [0.4, 0.5) is 15.9 Å². The van der Waals surface area contributed by atoms with Crippen LogP contribution in [-0.4, -0.2) is 4.98 Å². The molecule has 1 heterocycles. The predicted octanol–water partition coefficient (Wildman–Crippen LogP) is 3.91. The Hall–Kier alpha value is -1.93. The first kappa shape index (κ1) is 12.5. The highest BCUT2D eigenvalue weighted by Crippen LogP contribution is 2.24. The van der Waals surface area contributed by atoms with Gasteiger partial charge >= 0.3 is 0 Å². The predicted molar refractivity (Wildman–Crippen MR) is 71.1 cm³/mol. The van der Waals surface area contributed by atoms with Gasteiger partial charge in [0, 0.05) is 10.7 Å². The number of halogens is 2. The zero-order valence-electron chi connectivity index (χ0n) is 9.54. The molecule has 1 N–H and O–H groups in total. The number of pyridine rings is 1. The van der Waals surface area contributed by atoms with Gasteiger partial charge in [0.2, 0.25) is 0 Å². The van der Waals surface area contributed by atoms with Crippen LogP contribution in [0.2, 0.25) is 0 Å². The molecule has 2 aromatic rings. The average Bonchev–Trinajstić information content (AvgIpc) is 2.33. The summed E-state index contributed by atoms with van der Waals surface area (Å²) in [6.07, 6.45) is 1.64. The Kier molecular flexibility index (Phi) is 3.58. The molecule has 5 heteroatoms. The summed E-state index contributed by atoms with van der Waals surface area (Å²) in [6, 6.07) is 8.18. The molecule has 0 saturated carbocycles. The van der Waals surface area contributed by atoms with Crippen molar-refractivity contribution in [1.29, 1.82) is 5.26 Å². The Balaban J connectivity index is 2.41. The van der Waals surface area contributed by atoms with Crippen molar-refractivity contribution in [1.82, 2.24) is 4.98 Å². The maximum absolute atomic E-state index is 13.4. The van der Waals surface area contributed by atoms with E-state index in [2.05, 4.69) is 26.2 Å². The Labute approximate surface area is 112 Å². The normalized spacial score (nSPS) is 9.89. The second-order valence-electron chi connectivity index (χ2n) is 3.72. The molecule has 0 amide bonds. The number of nitriles is 1. The maximum Gasteiger partial charge on any atom is 0.143 e. The molecule has 0 atom stereocenters. The van der Waals surface area contributed by atoms with Crippen LogP contribution < -0.4 is 5.32 Å². The summed E-state index contributed by atoms with van der Waals surface area (Å²) in [7, 11) is 0. The van der Waals surface area contributed by atoms with Gasteiger partial charge in [-0.05, 0) is 46.6 Å². The smallest absolute Gasteiger partial charge is 0.143 e. The number of rotatable bonds is 2. The lowest BCUT2D eigenvalue weighted by molar-refractivity contribution is 0.624. The fourth-order valence-corrected chi connectivity index (χ4v) is 1.99. The zero-order chi connectivity index (χ0) is 13.1. The molecule has 0 spiro atoms. The van der Waals surface area contributed by atoms with Crippen LogP contribution in [-0.2, 0) is 0 Å². The lowest BCUT2D eigenvalue weighted by Crippen LogP contribution is -1.99. The van der Waals surface area contributed by atoms with E-state index in [9.17, 15) is 4.39 Å². The topological polar surface area (TPSA) is 48.7 Å². The summed E-state index contributed by atoms with van der Waals surface area (Å²) < 4.78 is 14.3. The summed E-state index contributed by atoms with van der Waals surface area (Å²) in [5.74, 6) is 0.0533. The summed E-state index contributed by atoms with van der Waals surface area (Å²) in [5.41, 5.74) is 1.30. The molecule has 0 fully saturated rings. The van der Waals surface area contributed by atoms with Crippen LogP contribution in [0.25, 0.3) is 0 Å². The number of nitrogens with zero attached hydrogens (tertiary/aromatic N) is 2. The zero-order valence-corrected chi connectivity index (χ0v) is 11.1. The van der Waals surface area contributed by atoms with Gasteiger partial charge in [0.05, 0.1) is 5.69 Å². The van der Waals surface area contributed by atoms with E-state index in [4.69, 9.17) is 5.26 Å². The van der Waals surface area contributed by atoms with Crippen molar-refractivity contribution in [2.75, 3.05) is 5.32 Å². The quantitative estimate of drug-likeness (QED) is 0.915. The van der Waals surface area contributed by atoms with Gasteiger partial charge in [0.15, 0.2) is 0 Å². The minimum absolute atomic E-state index is 0.0124. The molecule has 0 bridgehead atoms. The lowest BCUT2D eigenvalue weighted by atomic mass is 10.1. The number of aryl methyl sites for hydroxylation is 1. The fourth-order valence-electron chi connectivity index (χ4n) is 1.54. The monoisotopic (exact) mass is 305 g/mol. The average molecular weight is 306 g/mol. The van der Waals surface area contributed by atoms with Gasteiger partial charge in [0.1, 0.15) is 23.3 Å². The first-order valence-corrected chi connectivity index (χ1v) is 5.99. The van der Waals surface area contributed by atoms with Crippen molar-refractivity contribution >= 4 is 27.4 Å². The van der Waals surface area contributed by atoms with E-state index >= 15 is 0 Å². The Bertz CT molecular complexity index is 635. The molecule has 90 valence electrons. The highest BCUT2D eigenvalue weighted by atomic mass is 79.9. The van der Waals surface area contributed by atoms with Crippen LogP contribution in [0.15, 0.2) is 34.9 Å². The lowest BCUT2D eigenvalue weighted by Gasteiger charge is -2.10. The van der Waals surface area contributed by atoms with E-state index < -0.39 is 5.82 Å². The van der Waals surface area contributed by atoms with Crippen LogP contribution in [0.3, 0.4) is 0 Å². The minimum atomic E-state index is -0.544. The molecule has 0 aliphatic rings. The standard InChI is InChI=1S/C13H9BrFN3/c1-8-5-9(14)7-17-13(8)18-12-4-2-3-11(15)10(12)6-16/h2-5,7H,1H3,(H,17,18). The number of benzene rings is 1. The molecule has 0 saturated heterocycles. The molecule has 3 nitrogen and oxygen atoms in total. The maximum atomic E-state index is 13.4. The second kappa shape index (κ2) is 5.15. The molecule has 1 aromatic carbocycles. The summed E-state index contributed by atoms with van der Waals surface area (Å²) in [4.78, 5) is 4.19. The van der Waals surface area contributed by atoms with Crippen LogP contribution >= 0.6 is 15.9 Å². The summed E-state index contributed by atoms with van der Waals surface area (Å²) in [5, 5.41) is 11.9. The van der Waals surface area contributed by atoms with Crippen molar-refractivity contribution in [2.24, 2.45) is 0 Å². The largest absolute Gasteiger partial charge is 0.339 e. The van der Waals surface area contributed by atoms with Gasteiger partial charge in [-0.25, -0.2) is 9.37 Å². The second-order valence-corrected chi connectivity index (χ2v) is 4.63. The minimum Gasteiger partial charge on any atom is -0.339 e. The number of anilines is 2. The van der Waals surface area contributed by atoms with E-state index in [0.717, 1.165) is 10.0 Å². The molecule has 2 rings (SSSR count). The van der Waals surface area contributed by atoms with Crippen molar-refractivity contribution in [3.05, 3.63) is 51.9 Å². The third-order valence-corrected chi connectivity index (χ3v) is 2.86. The van der Waals surface area contributed by atoms with E-state index in [0.29, 0.717) is 11.5 Å². The highest BCUT2D eigenvalue weighted by Gasteiger charge is 2.09. The Morgan fingerprint density at radius 3 is 2.89 bits per heavy atom. The molecule has 0 unspecified atom stereocenters. The highest BCUT2D eigenvalue weighted by molar-refractivity contribution is 9.10. The molecule has 0 radical (unpaired) electrons. The van der Waals surface area contributed by atoms with Crippen molar-refractivity contribution < 1.29 is 4.39 Å². The number of hydrogen-bond donors (Lipinski definition) is 1. The number of aromatic nitrogens is 1. The van der Waals surface area contributed by atoms with Gasteiger partial charge in [-0.15, -0.1) is 0 Å². The fraction of sp³-hybridized carbons (Fsp3) is 0.0769. The number of nitrogens with one attached hydrogen (secondary N) is 1. The molecule has 1 aromatic heterocycles. The third kappa shape index (κ3) is 2.49. The molecular formula is C13H9BrFN3. The Morgan fingerprint density at radius 2 is 2.22 bits per heavy atom. The van der Waals surface area contributed by atoms with Gasteiger partial charge in [0.25, 0.3) is 0 Å². The van der Waals surface area contributed by atoms with Gasteiger partial charge < -0.3 is 5.32 Å². The Morgan fingerprint density at radius 1 is 1.44 bits per heavy atom. The molecule has 0 aliphatic carbocycles. The van der Waals surface area contributed by atoms with Crippen LogP contribution in [0, 0.1) is 24.1 Å². The molecular weight excluding hydrogens is 297 g/mol. The van der Waals surface area contributed by atoms with Crippen LogP contribution in [0.1, 0.15) is 11.1 Å². The third-order valence-electron chi connectivity index (χ3n) is 2.42.